The van der Waals surface area contributed by atoms with E-state index in [1.165, 1.54) is 38.7 Å². The van der Waals surface area contributed by atoms with Gasteiger partial charge >= 0.3 is 0 Å². The number of aryl methyl sites for hydroxylation is 3. The van der Waals surface area contributed by atoms with Gasteiger partial charge in [-0.15, -0.1) is 0 Å². The van der Waals surface area contributed by atoms with Gasteiger partial charge in [0.05, 0.1) is 0 Å². The van der Waals surface area contributed by atoms with Gasteiger partial charge in [-0.25, -0.2) is 4.57 Å². The molecule has 0 saturated heterocycles. The average molecular weight is 304 g/mol. The minimum Gasteiger partial charge on any atom is -0.200 e. The average Bonchev–Trinajstić information content (AvgIpc) is 2.54. The van der Waals surface area contributed by atoms with Crippen LogP contribution in [0.5, 0.6) is 0 Å². The zero-order chi connectivity index (χ0) is 16.6. The maximum atomic E-state index is 2.33. The Morgan fingerprint density at radius 2 is 1.74 bits per heavy atom. The van der Waals surface area contributed by atoms with E-state index in [1.54, 1.807) is 0 Å². The number of benzene rings is 2. The molecule has 0 radical (unpaired) electrons. The number of nitrogens with zero attached hydrogens (tertiary/aromatic N) is 1. The van der Waals surface area contributed by atoms with Crippen molar-refractivity contribution in [3.63, 3.8) is 0 Å². The zero-order valence-electron chi connectivity index (χ0n) is 14.9. The molecule has 3 rings (SSSR count). The van der Waals surface area contributed by atoms with Gasteiger partial charge in [-0.05, 0) is 53.5 Å². The Morgan fingerprint density at radius 3 is 2.43 bits per heavy atom. The van der Waals surface area contributed by atoms with Crippen LogP contribution in [0.25, 0.3) is 22.0 Å². The first-order chi connectivity index (χ1) is 11.0. The van der Waals surface area contributed by atoms with Gasteiger partial charge in [0.25, 0.3) is 0 Å². The summed E-state index contributed by atoms with van der Waals surface area (Å²) in [4.78, 5) is 0. The summed E-state index contributed by atoms with van der Waals surface area (Å²) in [5.74, 6) is 0.563. The third kappa shape index (κ3) is 3.01. The highest BCUT2D eigenvalue weighted by Gasteiger charge is 2.15. The maximum absolute atomic E-state index is 2.33. The van der Waals surface area contributed by atoms with Crippen LogP contribution in [-0.4, -0.2) is 0 Å². The van der Waals surface area contributed by atoms with E-state index in [1.807, 2.05) is 0 Å². The van der Waals surface area contributed by atoms with Gasteiger partial charge in [0, 0.05) is 17.0 Å². The van der Waals surface area contributed by atoms with Gasteiger partial charge in [-0.3, -0.25) is 0 Å². The molecule has 0 saturated carbocycles. The van der Waals surface area contributed by atoms with E-state index in [2.05, 4.69) is 88.0 Å². The first-order valence-electron chi connectivity index (χ1n) is 8.53. The number of fused-ring (bicyclic) bond motifs is 1. The topological polar surface area (TPSA) is 3.88 Å². The third-order valence-corrected chi connectivity index (χ3v) is 4.77. The zero-order valence-corrected chi connectivity index (χ0v) is 14.9. The highest BCUT2D eigenvalue weighted by Crippen LogP contribution is 2.26. The van der Waals surface area contributed by atoms with Gasteiger partial charge < -0.3 is 0 Å². The second-order valence-corrected chi connectivity index (χ2v) is 6.82. The lowest BCUT2D eigenvalue weighted by Crippen LogP contribution is -2.30. The molecule has 0 atom stereocenters. The SMILES string of the molecule is CCc1ccc(C)c(-c2cc3ccc(C(C)C)cc3c[n+]2C)c1. The van der Waals surface area contributed by atoms with Crippen molar-refractivity contribution in [2.75, 3.05) is 0 Å². The molecule has 0 aliphatic carbocycles. The van der Waals surface area contributed by atoms with E-state index in [0.29, 0.717) is 5.92 Å². The first-order valence-corrected chi connectivity index (χ1v) is 8.53. The van der Waals surface area contributed by atoms with Crippen molar-refractivity contribution in [3.8, 4) is 11.3 Å². The van der Waals surface area contributed by atoms with Crippen LogP contribution in [0.1, 0.15) is 43.4 Å². The van der Waals surface area contributed by atoms with Crippen LogP contribution in [0.3, 0.4) is 0 Å². The number of pyridine rings is 1. The van der Waals surface area contributed by atoms with E-state index >= 15 is 0 Å². The lowest BCUT2D eigenvalue weighted by molar-refractivity contribution is -0.659. The molecule has 0 amide bonds. The standard InChI is InChI=1S/C22H26N/c1-6-17-8-7-16(4)21(11-17)22-13-19-10-9-18(15(2)3)12-20(19)14-23(22)5/h7-15H,6H2,1-5H3/q+1. The Kier molecular flexibility index (Phi) is 4.21. The molecule has 0 aliphatic heterocycles. The van der Waals surface area contributed by atoms with E-state index in [-0.39, 0.29) is 0 Å². The molecule has 0 N–H and O–H groups in total. The van der Waals surface area contributed by atoms with Gasteiger partial charge in [0.15, 0.2) is 6.20 Å². The van der Waals surface area contributed by atoms with Crippen LogP contribution in [0.15, 0.2) is 48.7 Å². The van der Waals surface area contributed by atoms with Crippen molar-refractivity contribution in [3.05, 3.63) is 65.4 Å². The smallest absolute Gasteiger partial charge is 0.200 e. The van der Waals surface area contributed by atoms with E-state index < -0.39 is 0 Å². The van der Waals surface area contributed by atoms with Crippen molar-refractivity contribution in [2.24, 2.45) is 7.05 Å². The summed E-state index contributed by atoms with van der Waals surface area (Å²) < 4.78 is 2.26. The fraction of sp³-hybridized carbons (Fsp3) is 0.318. The second-order valence-electron chi connectivity index (χ2n) is 6.82. The number of rotatable bonds is 3. The fourth-order valence-electron chi connectivity index (χ4n) is 3.16. The van der Waals surface area contributed by atoms with Crippen molar-refractivity contribution in [2.45, 2.75) is 40.0 Å². The Labute approximate surface area is 139 Å². The normalized spacial score (nSPS) is 11.4. The molecular formula is C22H26N+. The molecule has 0 unspecified atom stereocenters. The van der Waals surface area contributed by atoms with Crippen molar-refractivity contribution in [1.82, 2.24) is 0 Å². The molecule has 0 fully saturated rings. The molecular weight excluding hydrogens is 278 g/mol. The predicted molar refractivity (Wildman–Crippen MR) is 98.8 cm³/mol. The molecule has 0 spiro atoms. The molecule has 1 heteroatoms. The van der Waals surface area contributed by atoms with Crippen LogP contribution in [0, 0.1) is 6.92 Å². The molecule has 3 aromatic rings. The summed E-state index contributed by atoms with van der Waals surface area (Å²) >= 11 is 0. The number of hydrogen-bond donors (Lipinski definition) is 0. The van der Waals surface area contributed by atoms with Crippen molar-refractivity contribution in [1.29, 1.82) is 0 Å². The van der Waals surface area contributed by atoms with Crippen LogP contribution in [0.2, 0.25) is 0 Å². The Hall–Kier alpha value is -2.15. The first kappa shape index (κ1) is 15.7. The summed E-state index contributed by atoms with van der Waals surface area (Å²) in [6, 6.07) is 16.0. The minimum absolute atomic E-state index is 0.563. The second kappa shape index (κ2) is 6.16. The predicted octanol–water partition coefficient (Wildman–Crippen LogP) is 5.33. The Bertz CT molecular complexity index is 859. The molecule has 1 aromatic heterocycles. The largest absolute Gasteiger partial charge is 0.213 e. The minimum atomic E-state index is 0.563. The monoisotopic (exact) mass is 304 g/mol. The lowest BCUT2D eigenvalue weighted by atomic mass is 9.97. The molecule has 23 heavy (non-hydrogen) atoms. The quantitative estimate of drug-likeness (QED) is 0.576. The van der Waals surface area contributed by atoms with E-state index in [4.69, 9.17) is 0 Å². The summed E-state index contributed by atoms with van der Waals surface area (Å²) in [6.45, 7) is 8.90. The number of aromatic nitrogens is 1. The number of hydrogen-bond acceptors (Lipinski definition) is 0. The van der Waals surface area contributed by atoms with Gasteiger partial charge in [0.2, 0.25) is 5.69 Å². The molecule has 118 valence electrons. The lowest BCUT2D eigenvalue weighted by Gasteiger charge is -2.10. The summed E-state index contributed by atoms with van der Waals surface area (Å²) in [5, 5.41) is 2.62. The third-order valence-electron chi connectivity index (χ3n) is 4.77. The highest BCUT2D eigenvalue weighted by atomic mass is 14.9. The van der Waals surface area contributed by atoms with Crippen LogP contribution >= 0.6 is 0 Å². The van der Waals surface area contributed by atoms with Gasteiger partial charge in [0.1, 0.15) is 7.05 Å². The highest BCUT2D eigenvalue weighted by molar-refractivity contribution is 5.85. The Balaban J connectivity index is 2.19. The Morgan fingerprint density at radius 1 is 0.957 bits per heavy atom. The summed E-state index contributed by atoms with van der Waals surface area (Å²) in [7, 11) is 2.15. The fourth-order valence-corrected chi connectivity index (χ4v) is 3.16. The molecule has 0 bridgehead atoms. The van der Waals surface area contributed by atoms with Crippen molar-refractivity contribution < 1.29 is 4.57 Å². The molecule has 1 heterocycles. The molecule has 0 aliphatic rings. The van der Waals surface area contributed by atoms with Gasteiger partial charge in [-0.1, -0.05) is 45.0 Å². The van der Waals surface area contributed by atoms with E-state index in [9.17, 15) is 0 Å². The van der Waals surface area contributed by atoms with Crippen LogP contribution in [0.4, 0.5) is 0 Å². The molecule has 2 aromatic carbocycles. The summed E-state index contributed by atoms with van der Waals surface area (Å²) in [5.41, 5.74) is 6.73. The van der Waals surface area contributed by atoms with Crippen LogP contribution < -0.4 is 4.57 Å². The van der Waals surface area contributed by atoms with Gasteiger partial charge in [-0.2, -0.15) is 0 Å². The summed E-state index contributed by atoms with van der Waals surface area (Å²) in [6.07, 6.45) is 3.33. The maximum Gasteiger partial charge on any atom is 0.213 e. The molecule has 1 nitrogen and oxygen atoms in total. The van der Waals surface area contributed by atoms with Crippen molar-refractivity contribution >= 4 is 10.8 Å². The van der Waals surface area contributed by atoms with E-state index in [0.717, 1.165) is 6.42 Å². The van der Waals surface area contributed by atoms with Crippen LogP contribution in [-0.2, 0) is 13.5 Å².